The number of aromatic nitrogens is 1. The number of nitrogens with one attached hydrogen (secondary N) is 1. The molecule has 0 saturated carbocycles. The quantitative estimate of drug-likeness (QED) is 0.601. The molecule has 2 aliphatic heterocycles. The molecule has 0 unspecified atom stereocenters. The summed E-state index contributed by atoms with van der Waals surface area (Å²) in [6, 6.07) is 10.0. The molecular formula is C22H21N3O6S2. The Labute approximate surface area is 195 Å². The van der Waals surface area contributed by atoms with Crippen LogP contribution in [0.25, 0.3) is 10.4 Å². The van der Waals surface area contributed by atoms with Crippen molar-refractivity contribution in [3.63, 3.8) is 0 Å². The van der Waals surface area contributed by atoms with Gasteiger partial charge < -0.3 is 19.5 Å². The normalized spacial score (nSPS) is 14.9. The molecule has 0 saturated heterocycles. The Hall–Kier alpha value is -3.31. The second-order valence-corrected chi connectivity index (χ2v) is 10.4. The second-order valence-electron chi connectivity index (χ2n) is 7.53. The van der Waals surface area contributed by atoms with Gasteiger partial charge >= 0.3 is 0 Å². The van der Waals surface area contributed by atoms with Crippen molar-refractivity contribution in [1.29, 1.82) is 0 Å². The lowest BCUT2D eigenvalue weighted by Gasteiger charge is -2.31. The van der Waals surface area contributed by atoms with E-state index in [1.54, 1.807) is 18.2 Å². The Balaban J connectivity index is 1.49. The third-order valence-electron chi connectivity index (χ3n) is 5.22. The summed E-state index contributed by atoms with van der Waals surface area (Å²) in [5, 5.41) is 3.21. The standard InChI is InChI=1S/C22H21N3O6S2/c1-13-21(32-22(23-13)24-14(2)26)15-3-5-17-19(11-15)29-8-7-25(17)33(27,28)16-4-6-18-20(12-16)31-10-9-30-18/h3-6,11-12H,7-10H2,1-2H3,(H,23,24,26). The summed E-state index contributed by atoms with van der Waals surface area (Å²) in [5.74, 6) is 1.23. The van der Waals surface area contributed by atoms with Gasteiger partial charge in [0.15, 0.2) is 16.6 Å². The zero-order valence-electron chi connectivity index (χ0n) is 18.0. The fraction of sp³-hybridized carbons (Fsp3) is 0.273. The van der Waals surface area contributed by atoms with E-state index in [-0.39, 0.29) is 24.0 Å². The maximum Gasteiger partial charge on any atom is 0.264 e. The van der Waals surface area contributed by atoms with Gasteiger partial charge in [0.05, 0.1) is 27.7 Å². The molecule has 0 atom stereocenters. The van der Waals surface area contributed by atoms with E-state index in [0.717, 1.165) is 16.1 Å². The van der Waals surface area contributed by atoms with E-state index < -0.39 is 10.0 Å². The first-order chi connectivity index (χ1) is 15.8. The lowest BCUT2D eigenvalue weighted by Crippen LogP contribution is -2.38. The molecule has 3 heterocycles. The van der Waals surface area contributed by atoms with Gasteiger partial charge in [0.2, 0.25) is 5.91 Å². The zero-order valence-corrected chi connectivity index (χ0v) is 19.6. The lowest BCUT2D eigenvalue weighted by atomic mass is 10.1. The molecule has 0 radical (unpaired) electrons. The number of fused-ring (bicyclic) bond motifs is 2. The average molecular weight is 488 g/mol. The predicted octanol–water partition coefficient (Wildman–Crippen LogP) is 3.44. The highest BCUT2D eigenvalue weighted by molar-refractivity contribution is 7.92. The van der Waals surface area contributed by atoms with E-state index in [4.69, 9.17) is 14.2 Å². The number of benzene rings is 2. The number of carbonyl (C=O) groups excluding carboxylic acids is 1. The maximum atomic E-state index is 13.5. The smallest absolute Gasteiger partial charge is 0.264 e. The van der Waals surface area contributed by atoms with Crippen molar-refractivity contribution in [3.05, 3.63) is 42.1 Å². The number of carbonyl (C=O) groups is 1. The van der Waals surface area contributed by atoms with Crippen LogP contribution in [0.15, 0.2) is 41.3 Å². The van der Waals surface area contributed by atoms with Gasteiger partial charge in [-0.1, -0.05) is 17.4 Å². The van der Waals surface area contributed by atoms with Crippen LogP contribution in [0.3, 0.4) is 0 Å². The zero-order chi connectivity index (χ0) is 23.2. The number of anilines is 2. The molecule has 1 N–H and O–H groups in total. The molecule has 2 aliphatic rings. The van der Waals surface area contributed by atoms with Crippen molar-refractivity contribution in [1.82, 2.24) is 4.98 Å². The highest BCUT2D eigenvalue weighted by atomic mass is 32.2. The van der Waals surface area contributed by atoms with Gasteiger partial charge in [-0.3, -0.25) is 9.10 Å². The number of amides is 1. The van der Waals surface area contributed by atoms with Crippen molar-refractivity contribution in [2.24, 2.45) is 0 Å². The molecule has 3 aromatic rings. The topological polar surface area (TPSA) is 107 Å². The number of thiazole rings is 1. The SMILES string of the molecule is CC(=O)Nc1nc(C)c(-c2ccc3c(c2)OCCN3S(=O)(=O)c2ccc3c(c2)OCCO3)s1. The van der Waals surface area contributed by atoms with Crippen molar-refractivity contribution < 1.29 is 27.4 Å². The monoisotopic (exact) mass is 487 g/mol. The molecular weight excluding hydrogens is 466 g/mol. The van der Waals surface area contributed by atoms with Crippen LogP contribution in [0.1, 0.15) is 12.6 Å². The van der Waals surface area contributed by atoms with Crippen molar-refractivity contribution in [3.8, 4) is 27.7 Å². The molecule has 0 aliphatic carbocycles. The minimum Gasteiger partial charge on any atom is -0.489 e. The Morgan fingerprint density at radius 3 is 2.58 bits per heavy atom. The summed E-state index contributed by atoms with van der Waals surface area (Å²) >= 11 is 1.35. The first-order valence-corrected chi connectivity index (χ1v) is 12.5. The number of hydrogen-bond acceptors (Lipinski definition) is 8. The summed E-state index contributed by atoms with van der Waals surface area (Å²) in [4.78, 5) is 16.7. The van der Waals surface area contributed by atoms with E-state index in [0.29, 0.717) is 41.3 Å². The van der Waals surface area contributed by atoms with Crippen LogP contribution in [0.5, 0.6) is 17.2 Å². The van der Waals surface area contributed by atoms with Crippen LogP contribution in [0, 0.1) is 6.92 Å². The second kappa shape index (κ2) is 8.23. The maximum absolute atomic E-state index is 13.5. The predicted molar refractivity (Wildman–Crippen MR) is 124 cm³/mol. The van der Waals surface area contributed by atoms with Crippen molar-refractivity contribution in [2.75, 3.05) is 36.0 Å². The number of nitrogens with zero attached hydrogens (tertiary/aromatic N) is 2. The lowest BCUT2D eigenvalue weighted by molar-refractivity contribution is -0.114. The van der Waals surface area contributed by atoms with E-state index in [1.165, 1.54) is 34.7 Å². The van der Waals surface area contributed by atoms with Crippen molar-refractivity contribution in [2.45, 2.75) is 18.7 Å². The third kappa shape index (κ3) is 3.98. The molecule has 0 fully saturated rings. The van der Waals surface area contributed by atoms with Gasteiger partial charge in [-0.25, -0.2) is 13.4 Å². The largest absolute Gasteiger partial charge is 0.489 e. The Kier molecular flexibility index (Phi) is 5.37. The summed E-state index contributed by atoms with van der Waals surface area (Å²) in [6.07, 6.45) is 0. The molecule has 11 heteroatoms. The van der Waals surface area contributed by atoms with Crippen molar-refractivity contribution >= 4 is 38.1 Å². The summed E-state index contributed by atoms with van der Waals surface area (Å²) in [7, 11) is -3.84. The minimum absolute atomic E-state index is 0.127. The van der Waals surface area contributed by atoms with Crippen LogP contribution in [0.2, 0.25) is 0 Å². The highest BCUT2D eigenvalue weighted by Crippen LogP contribution is 2.42. The van der Waals surface area contributed by atoms with Crippen LogP contribution >= 0.6 is 11.3 Å². The number of ether oxygens (including phenoxy) is 3. The van der Waals surface area contributed by atoms with E-state index in [9.17, 15) is 13.2 Å². The fourth-order valence-corrected chi connectivity index (χ4v) is 6.25. The third-order valence-corrected chi connectivity index (χ3v) is 8.15. The van der Waals surface area contributed by atoms with Gasteiger partial charge in [-0.05, 0) is 36.8 Å². The molecule has 1 aromatic heterocycles. The van der Waals surface area contributed by atoms with Crippen LogP contribution in [-0.2, 0) is 14.8 Å². The van der Waals surface area contributed by atoms with E-state index in [2.05, 4.69) is 10.3 Å². The number of hydrogen-bond donors (Lipinski definition) is 1. The molecule has 172 valence electrons. The van der Waals surface area contributed by atoms with E-state index >= 15 is 0 Å². The molecule has 0 bridgehead atoms. The first kappa shape index (κ1) is 21.5. The first-order valence-electron chi connectivity index (χ1n) is 10.3. The molecule has 33 heavy (non-hydrogen) atoms. The van der Waals surface area contributed by atoms with Crippen LogP contribution in [-0.4, -0.2) is 45.7 Å². The van der Waals surface area contributed by atoms with Gasteiger partial charge in [-0.15, -0.1) is 0 Å². The average Bonchev–Trinajstić information content (AvgIpc) is 3.17. The Morgan fingerprint density at radius 1 is 1.03 bits per heavy atom. The molecule has 5 rings (SSSR count). The molecule has 2 aromatic carbocycles. The highest BCUT2D eigenvalue weighted by Gasteiger charge is 2.31. The van der Waals surface area contributed by atoms with Gasteiger partial charge in [0.1, 0.15) is 25.6 Å². The Bertz CT molecular complexity index is 1350. The Morgan fingerprint density at radius 2 is 1.79 bits per heavy atom. The fourth-order valence-electron chi connectivity index (χ4n) is 3.77. The van der Waals surface area contributed by atoms with E-state index in [1.807, 2.05) is 13.0 Å². The minimum atomic E-state index is -3.84. The molecule has 1 amide bonds. The van der Waals surface area contributed by atoms with Gasteiger partial charge in [0, 0.05) is 13.0 Å². The van der Waals surface area contributed by atoms with Gasteiger partial charge in [0.25, 0.3) is 10.0 Å². The summed E-state index contributed by atoms with van der Waals surface area (Å²) in [6.45, 7) is 4.51. The number of rotatable bonds is 4. The molecule has 9 nitrogen and oxygen atoms in total. The van der Waals surface area contributed by atoms with Gasteiger partial charge in [-0.2, -0.15) is 0 Å². The summed E-state index contributed by atoms with van der Waals surface area (Å²) < 4.78 is 45.2. The number of sulfonamides is 1. The molecule has 0 spiro atoms. The van der Waals surface area contributed by atoms with Crippen LogP contribution < -0.4 is 23.8 Å². The summed E-state index contributed by atoms with van der Waals surface area (Å²) in [5.41, 5.74) is 2.06. The number of aryl methyl sites for hydroxylation is 1. The van der Waals surface area contributed by atoms with Crippen LogP contribution in [0.4, 0.5) is 10.8 Å².